The van der Waals surface area contributed by atoms with Crippen LogP contribution in [0.1, 0.15) is 105 Å². The van der Waals surface area contributed by atoms with E-state index >= 15 is 0 Å². The number of carbonyl (C=O) groups is 8. The Kier molecular flexibility index (Phi) is 20.0. The fourth-order valence-electron chi connectivity index (χ4n) is 9.37. The summed E-state index contributed by atoms with van der Waals surface area (Å²) < 4.78 is 29.3. The van der Waals surface area contributed by atoms with Crippen LogP contribution in [0.4, 0.5) is 21.9 Å². The molecule has 3 aromatic rings. The van der Waals surface area contributed by atoms with Crippen LogP contribution in [0.5, 0.6) is 23.0 Å². The number of anilines is 2. The predicted molar refractivity (Wildman–Crippen MR) is 291 cm³/mol. The summed E-state index contributed by atoms with van der Waals surface area (Å²) in [5.74, 6) is -1.27. The number of amides is 7. The number of aldehydes is 1. The molecular formula is C57H68N8O14. The Morgan fingerprint density at radius 3 is 2.13 bits per heavy atom. The Balaban J connectivity index is 0.894. The van der Waals surface area contributed by atoms with Crippen LogP contribution in [-0.4, -0.2) is 146 Å². The van der Waals surface area contributed by atoms with Gasteiger partial charge in [-0.25, -0.2) is 9.69 Å². The molecule has 0 aliphatic carbocycles. The Hall–Kier alpha value is -8.53. The highest BCUT2D eigenvalue weighted by Gasteiger charge is 2.45. The number of benzene rings is 3. The van der Waals surface area contributed by atoms with Crippen molar-refractivity contribution < 1.29 is 67.1 Å². The largest absolute Gasteiger partial charge is 0.493 e. The zero-order valence-electron chi connectivity index (χ0n) is 45.3. The highest BCUT2D eigenvalue weighted by molar-refractivity contribution is 6.13. The first-order valence-corrected chi connectivity index (χ1v) is 26.2. The smallest absolute Gasteiger partial charge is 0.416 e. The Morgan fingerprint density at radius 2 is 1.47 bits per heavy atom. The molecule has 0 saturated heterocycles. The molecule has 4 aliphatic rings. The number of ether oxygens (including phenoxy) is 5. The molecule has 4 N–H and O–H groups in total. The highest BCUT2D eigenvalue weighted by atomic mass is 16.6. The summed E-state index contributed by atoms with van der Waals surface area (Å²) >= 11 is 0. The molecule has 22 heteroatoms. The minimum Gasteiger partial charge on any atom is -0.493 e. The summed E-state index contributed by atoms with van der Waals surface area (Å²) in [5.41, 5.74) is 4.00. The fraction of sp³-hybridized carbons (Fsp3) is 0.421. The van der Waals surface area contributed by atoms with Crippen molar-refractivity contribution in [3.05, 3.63) is 101 Å². The first-order valence-electron chi connectivity index (χ1n) is 26.2. The van der Waals surface area contributed by atoms with E-state index in [2.05, 4.69) is 39.0 Å². The lowest BCUT2D eigenvalue weighted by Gasteiger charge is -2.31. The predicted octanol–water partition coefficient (Wildman–Crippen LogP) is 6.09. The van der Waals surface area contributed by atoms with E-state index in [4.69, 9.17) is 23.7 Å². The third-order valence-electron chi connectivity index (χ3n) is 13.7. The molecule has 0 spiro atoms. The van der Waals surface area contributed by atoms with Gasteiger partial charge in [-0.15, -0.1) is 0 Å². The summed E-state index contributed by atoms with van der Waals surface area (Å²) in [6, 6.07) is 11.0. The van der Waals surface area contributed by atoms with E-state index in [1.807, 2.05) is 20.2 Å². The standard InChI is InChI=1S/C57H68N8O14/c1-35-23-41(62(4)31-35)29-58-43-27-48(46(75-5)25-39(43)33-66)77-21-11-8-12-22-78-49-28-44-42(26-47(49)76-6)55(72)64-32-36(2)24-45(64)56(73)65(44)57(74)79-34-38-14-16-40(17-15-38)61-54(71)37(3)60-51(68)30-59-50(67)13-9-7-10-20-63-52(69)18-19-53(63)70/h14-19,25-29,31-33,37,41,45,56,73H,7-13,20-24,30,34H2,1-6H3,(H,59,67)(H,60,68)(H,61,71). The van der Waals surface area contributed by atoms with Crippen molar-refractivity contribution in [3.63, 3.8) is 0 Å². The number of nitrogens with zero attached hydrogens (tertiary/aromatic N) is 5. The monoisotopic (exact) mass is 1090 g/mol. The van der Waals surface area contributed by atoms with E-state index in [1.165, 1.54) is 55.9 Å². The lowest BCUT2D eigenvalue weighted by molar-refractivity contribution is -0.137. The Bertz CT molecular complexity index is 2900. The molecule has 0 bridgehead atoms. The zero-order valence-corrected chi connectivity index (χ0v) is 45.3. The van der Waals surface area contributed by atoms with E-state index in [1.54, 1.807) is 42.6 Å². The van der Waals surface area contributed by atoms with Crippen molar-refractivity contribution in [3.8, 4) is 23.0 Å². The third kappa shape index (κ3) is 14.9. The second-order valence-corrected chi connectivity index (χ2v) is 19.7. The fourth-order valence-corrected chi connectivity index (χ4v) is 9.37. The van der Waals surface area contributed by atoms with Gasteiger partial charge < -0.3 is 54.5 Å². The average molecular weight is 1090 g/mol. The number of aliphatic hydroxyl groups is 1. The number of fused-ring (bicyclic) bond motifs is 2. The normalized spacial score (nSPS) is 17.9. The van der Waals surface area contributed by atoms with Crippen LogP contribution in [0.25, 0.3) is 0 Å². The van der Waals surface area contributed by atoms with Gasteiger partial charge in [0, 0.05) is 68.0 Å². The van der Waals surface area contributed by atoms with Gasteiger partial charge in [0.2, 0.25) is 17.7 Å². The number of aliphatic hydroxyl groups excluding tert-OH is 1. The summed E-state index contributed by atoms with van der Waals surface area (Å²) in [6.45, 7) is 5.64. The molecule has 7 amide bonds. The van der Waals surface area contributed by atoms with Gasteiger partial charge in [0.05, 0.1) is 63.0 Å². The maximum atomic E-state index is 14.1. The summed E-state index contributed by atoms with van der Waals surface area (Å²) in [5, 5.41) is 19.7. The van der Waals surface area contributed by atoms with Crippen LogP contribution in [0.15, 0.2) is 89.2 Å². The van der Waals surface area contributed by atoms with Gasteiger partial charge in [-0.2, -0.15) is 0 Å². The average Bonchev–Trinajstić information content (AvgIpc) is 4.20. The SMILES string of the molecule is COc1cc(C=O)c(N=CC2CC(C)=CN2C)cc1OCCCCCOc1cc2c(cc1OC)C(=O)N1C=C(C)CC1C(O)N2C(=O)OCc1ccc(NC(=O)C(C)NC(=O)CNC(=O)CCCCCN2C(=O)C=CC2=O)cc1. The second kappa shape index (κ2) is 27.2. The number of hydrogen-bond acceptors (Lipinski definition) is 16. The van der Waals surface area contributed by atoms with Crippen molar-refractivity contribution in [2.75, 3.05) is 57.8 Å². The van der Waals surface area contributed by atoms with Gasteiger partial charge in [-0.05, 0) is 102 Å². The van der Waals surface area contributed by atoms with Crippen molar-refractivity contribution in [1.29, 1.82) is 0 Å². The van der Waals surface area contributed by atoms with Crippen LogP contribution >= 0.6 is 0 Å². The quantitative estimate of drug-likeness (QED) is 0.0307. The van der Waals surface area contributed by atoms with Crippen LogP contribution in [-0.2, 0) is 35.3 Å². The van der Waals surface area contributed by atoms with Gasteiger partial charge >= 0.3 is 6.09 Å². The molecular weight excluding hydrogens is 1020 g/mol. The first kappa shape index (κ1) is 58.2. The first-order chi connectivity index (χ1) is 38.0. The number of unbranched alkanes of at least 4 members (excludes halogenated alkanes) is 4. The lowest BCUT2D eigenvalue weighted by Crippen LogP contribution is -2.50. The van der Waals surface area contributed by atoms with E-state index in [0.29, 0.717) is 85.6 Å². The van der Waals surface area contributed by atoms with E-state index in [0.717, 1.165) is 28.1 Å². The topological polar surface area (TPSA) is 264 Å². The summed E-state index contributed by atoms with van der Waals surface area (Å²) in [4.78, 5) is 112. The number of methoxy groups -OCH3 is 2. The van der Waals surface area contributed by atoms with E-state index < -0.39 is 42.1 Å². The molecule has 4 unspecified atom stereocenters. The number of imide groups is 1. The maximum absolute atomic E-state index is 14.1. The molecule has 4 aliphatic heterocycles. The van der Waals surface area contributed by atoms with Gasteiger partial charge in [0.25, 0.3) is 17.7 Å². The van der Waals surface area contributed by atoms with Crippen LogP contribution in [0, 0.1) is 0 Å². The van der Waals surface area contributed by atoms with Crippen LogP contribution in [0.2, 0.25) is 0 Å². The minimum absolute atomic E-state index is 0.0620. The highest BCUT2D eigenvalue weighted by Crippen LogP contribution is 2.42. The molecule has 0 aromatic heterocycles. The molecule has 3 aromatic carbocycles. The second-order valence-electron chi connectivity index (χ2n) is 19.7. The van der Waals surface area contributed by atoms with E-state index in [9.17, 15) is 43.5 Å². The maximum Gasteiger partial charge on any atom is 0.416 e. The molecule has 4 heterocycles. The Labute approximate surface area is 458 Å². The number of hydrogen-bond donors (Lipinski definition) is 4. The molecule has 22 nitrogen and oxygen atoms in total. The summed E-state index contributed by atoms with van der Waals surface area (Å²) in [6.07, 6.45) is 11.2. The summed E-state index contributed by atoms with van der Waals surface area (Å²) in [7, 11) is 4.93. The van der Waals surface area contributed by atoms with E-state index in [-0.39, 0.29) is 79.2 Å². The van der Waals surface area contributed by atoms with Gasteiger partial charge in [-0.3, -0.25) is 43.5 Å². The molecule has 0 fully saturated rings. The van der Waals surface area contributed by atoms with Crippen molar-refractivity contribution in [2.24, 2.45) is 4.99 Å². The van der Waals surface area contributed by atoms with Crippen molar-refractivity contribution in [1.82, 2.24) is 25.3 Å². The number of rotatable bonds is 26. The van der Waals surface area contributed by atoms with Gasteiger partial charge in [0.1, 0.15) is 12.6 Å². The van der Waals surface area contributed by atoms with Crippen LogP contribution in [0.3, 0.4) is 0 Å². The molecule has 7 rings (SSSR count). The zero-order chi connectivity index (χ0) is 56.8. The number of nitrogens with one attached hydrogen (secondary N) is 3. The Morgan fingerprint density at radius 1 is 0.810 bits per heavy atom. The molecule has 0 radical (unpaired) electrons. The van der Waals surface area contributed by atoms with Gasteiger partial charge in [0.15, 0.2) is 35.5 Å². The minimum atomic E-state index is -1.52. The number of aliphatic imine (C=N–C) groups is 1. The molecule has 79 heavy (non-hydrogen) atoms. The van der Waals surface area contributed by atoms with Crippen molar-refractivity contribution >= 4 is 71.1 Å². The third-order valence-corrected chi connectivity index (χ3v) is 13.7. The van der Waals surface area contributed by atoms with Crippen LogP contribution < -0.4 is 39.8 Å². The molecule has 4 atom stereocenters. The van der Waals surface area contributed by atoms with Gasteiger partial charge in [-0.1, -0.05) is 29.7 Å². The molecule has 420 valence electrons. The molecule has 0 saturated carbocycles. The van der Waals surface area contributed by atoms with Crippen molar-refractivity contribution in [2.45, 2.75) is 110 Å². The lowest BCUT2D eigenvalue weighted by atomic mass is 10.1. The number of carbonyl (C=O) groups excluding carboxylic acids is 8.